The van der Waals surface area contributed by atoms with E-state index in [0.717, 1.165) is 0 Å². The zero-order valence-corrected chi connectivity index (χ0v) is 10.2. The maximum atomic E-state index is 10.7. The molecule has 0 aliphatic rings. The summed E-state index contributed by atoms with van der Waals surface area (Å²) in [4.78, 5) is 18.9. The summed E-state index contributed by atoms with van der Waals surface area (Å²) in [5.74, 6) is 0.798. The van der Waals surface area contributed by atoms with Crippen LogP contribution in [-0.2, 0) is 4.79 Å². The molecule has 2 N–H and O–H groups in total. The molecule has 6 nitrogen and oxygen atoms in total. The number of carboxylic acids is 1. The molecule has 0 bridgehead atoms. The predicted molar refractivity (Wildman–Crippen MR) is 63.3 cm³/mol. The molecule has 1 rings (SSSR count). The van der Waals surface area contributed by atoms with Crippen LogP contribution in [0.4, 0.5) is 5.82 Å². The summed E-state index contributed by atoms with van der Waals surface area (Å²) in [6.45, 7) is 3.68. The van der Waals surface area contributed by atoms with E-state index in [1.807, 2.05) is 6.92 Å². The van der Waals surface area contributed by atoms with Gasteiger partial charge in [-0.3, -0.25) is 4.79 Å². The summed E-state index contributed by atoms with van der Waals surface area (Å²) in [7, 11) is 1.53. The molecule has 0 saturated carbocycles. The average Bonchev–Trinajstić information content (AvgIpc) is 2.26. The molecule has 1 unspecified atom stereocenters. The molecule has 0 saturated heterocycles. The van der Waals surface area contributed by atoms with Crippen LogP contribution in [0.25, 0.3) is 0 Å². The Balaban J connectivity index is 2.78. The summed E-state index contributed by atoms with van der Waals surface area (Å²) in [6, 6.07) is 1.50. The van der Waals surface area contributed by atoms with E-state index in [1.54, 1.807) is 13.0 Å². The molecule has 0 fully saturated rings. The van der Waals surface area contributed by atoms with E-state index < -0.39 is 5.97 Å². The highest BCUT2D eigenvalue weighted by Crippen LogP contribution is 2.15. The Bertz CT molecular complexity index is 396. The van der Waals surface area contributed by atoms with Crippen molar-refractivity contribution in [3.63, 3.8) is 0 Å². The topological polar surface area (TPSA) is 84.3 Å². The van der Waals surface area contributed by atoms with E-state index in [0.29, 0.717) is 23.9 Å². The van der Waals surface area contributed by atoms with Crippen LogP contribution in [0, 0.1) is 6.92 Å². The number of ether oxygens (including phenoxy) is 1. The van der Waals surface area contributed by atoms with Crippen molar-refractivity contribution in [3.05, 3.63) is 11.9 Å². The Morgan fingerprint density at radius 1 is 1.59 bits per heavy atom. The number of aryl methyl sites for hydroxylation is 1. The first-order valence-corrected chi connectivity index (χ1v) is 5.43. The van der Waals surface area contributed by atoms with Crippen LogP contribution in [0.15, 0.2) is 6.07 Å². The van der Waals surface area contributed by atoms with Gasteiger partial charge in [-0.25, -0.2) is 4.98 Å². The van der Waals surface area contributed by atoms with Gasteiger partial charge in [0.05, 0.1) is 13.5 Å². The monoisotopic (exact) mass is 239 g/mol. The minimum absolute atomic E-state index is 0.0574. The molecule has 94 valence electrons. The van der Waals surface area contributed by atoms with E-state index in [1.165, 1.54) is 7.11 Å². The lowest BCUT2D eigenvalue weighted by molar-refractivity contribution is -0.137. The van der Waals surface area contributed by atoms with Crippen molar-refractivity contribution in [3.8, 4) is 5.88 Å². The van der Waals surface area contributed by atoms with Crippen molar-refractivity contribution >= 4 is 11.8 Å². The number of carbonyl (C=O) groups is 1. The first kappa shape index (κ1) is 13.2. The number of rotatable bonds is 6. The van der Waals surface area contributed by atoms with Crippen molar-refractivity contribution in [2.24, 2.45) is 0 Å². The molecule has 1 aromatic heterocycles. The fourth-order valence-electron chi connectivity index (χ4n) is 1.44. The van der Waals surface area contributed by atoms with E-state index >= 15 is 0 Å². The third-order valence-electron chi connectivity index (χ3n) is 2.29. The molecule has 0 aliphatic carbocycles. The van der Waals surface area contributed by atoms with Crippen molar-refractivity contribution in [2.45, 2.75) is 32.7 Å². The molecule has 1 atom stereocenters. The molecular formula is C11H17N3O3. The highest BCUT2D eigenvalue weighted by atomic mass is 16.5. The molecule has 0 spiro atoms. The number of anilines is 1. The Kier molecular flexibility index (Phi) is 4.68. The van der Waals surface area contributed by atoms with E-state index in [4.69, 9.17) is 9.84 Å². The van der Waals surface area contributed by atoms with Crippen LogP contribution in [-0.4, -0.2) is 34.2 Å². The van der Waals surface area contributed by atoms with Crippen LogP contribution < -0.4 is 10.1 Å². The molecule has 0 radical (unpaired) electrons. The average molecular weight is 239 g/mol. The number of hydrogen-bond acceptors (Lipinski definition) is 5. The van der Waals surface area contributed by atoms with Crippen LogP contribution in [0.1, 0.15) is 25.6 Å². The minimum Gasteiger partial charge on any atom is -0.481 e. The number of nitrogens with zero attached hydrogens (tertiary/aromatic N) is 2. The third-order valence-corrected chi connectivity index (χ3v) is 2.29. The second-order valence-electron chi connectivity index (χ2n) is 3.69. The molecule has 0 amide bonds. The molecule has 1 heterocycles. The highest BCUT2D eigenvalue weighted by molar-refractivity contribution is 5.68. The number of carboxylic acid groups (broad SMARTS) is 1. The summed E-state index contributed by atoms with van der Waals surface area (Å²) < 4.78 is 5.02. The van der Waals surface area contributed by atoms with Crippen LogP contribution in [0.5, 0.6) is 5.88 Å². The quantitative estimate of drug-likeness (QED) is 0.781. The predicted octanol–water partition coefficient (Wildman–Crippen LogP) is 1.46. The number of nitrogens with one attached hydrogen (secondary N) is 1. The highest BCUT2D eigenvalue weighted by Gasteiger charge is 2.12. The molecular weight excluding hydrogens is 222 g/mol. The summed E-state index contributed by atoms with van der Waals surface area (Å²) in [5, 5.41) is 11.8. The first-order chi connectivity index (χ1) is 8.05. The lowest BCUT2D eigenvalue weighted by Gasteiger charge is -2.16. The fraction of sp³-hybridized carbons (Fsp3) is 0.545. The van der Waals surface area contributed by atoms with Crippen molar-refractivity contribution in [1.29, 1.82) is 0 Å². The summed E-state index contributed by atoms with van der Waals surface area (Å²) in [6.07, 6.45) is 0.763. The van der Waals surface area contributed by atoms with Crippen molar-refractivity contribution in [1.82, 2.24) is 9.97 Å². The summed E-state index contributed by atoms with van der Waals surface area (Å²) in [5.41, 5.74) is 0. The standard InChI is InChI=1S/C11H17N3O3/c1-4-8(5-11(15)16)14-9-6-10(17-3)13-7(2)12-9/h6,8H,4-5H2,1-3H3,(H,15,16)(H,12,13,14). The maximum Gasteiger partial charge on any atom is 0.305 e. The SMILES string of the molecule is CCC(CC(=O)O)Nc1cc(OC)nc(C)n1. The second kappa shape index (κ2) is 6.03. The van der Waals surface area contributed by atoms with Crippen LogP contribution in [0.2, 0.25) is 0 Å². The Labute approximate surface area is 100 Å². The second-order valence-corrected chi connectivity index (χ2v) is 3.69. The number of hydrogen-bond donors (Lipinski definition) is 2. The largest absolute Gasteiger partial charge is 0.481 e. The Morgan fingerprint density at radius 3 is 2.82 bits per heavy atom. The first-order valence-electron chi connectivity index (χ1n) is 5.43. The smallest absolute Gasteiger partial charge is 0.305 e. The molecule has 17 heavy (non-hydrogen) atoms. The summed E-state index contributed by atoms with van der Waals surface area (Å²) >= 11 is 0. The Morgan fingerprint density at radius 2 is 2.29 bits per heavy atom. The van der Waals surface area contributed by atoms with Gasteiger partial charge in [0.25, 0.3) is 0 Å². The van der Waals surface area contributed by atoms with Gasteiger partial charge in [0.15, 0.2) is 0 Å². The van der Waals surface area contributed by atoms with Gasteiger partial charge in [-0.1, -0.05) is 6.92 Å². The fourth-order valence-corrected chi connectivity index (χ4v) is 1.44. The normalized spacial score (nSPS) is 11.9. The minimum atomic E-state index is -0.831. The van der Waals surface area contributed by atoms with Gasteiger partial charge in [0, 0.05) is 12.1 Å². The van der Waals surface area contributed by atoms with Crippen molar-refractivity contribution < 1.29 is 14.6 Å². The number of methoxy groups -OCH3 is 1. The van der Waals surface area contributed by atoms with Gasteiger partial charge < -0.3 is 15.2 Å². The molecule has 0 aliphatic heterocycles. The van der Waals surface area contributed by atoms with Crippen LogP contribution >= 0.6 is 0 Å². The van der Waals surface area contributed by atoms with Crippen LogP contribution in [0.3, 0.4) is 0 Å². The maximum absolute atomic E-state index is 10.7. The van der Waals surface area contributed by atoms with Gasteiger partial charge in [-0.05, 0) is 13.3 Å². The van der Waals surface area contributed by atoms with Gasteiger partial charge in [-0.2, -0.15) is 4.98 Å². The Hall–Kier alpha value is -1.85. The number of aromatic nitrogens is 2. The zero-order valence-electron chi connectivity index (χ0n) is 10.2. The number of aliphatic carboxylic acids is 1. The lowest BCUT2D eigenvalue weighted by Crippen LogP contribution is -2.23. The molecule has 6 heteroatoms. The van der Waals surface area contributed by atoms with E-state index in [9.17, 15) is 4.79 Å². The van der Waals surface area contributed by atoms with Crippen molar-refractivity contribution in [2.75, 3.05) is 12.4 Å². The molecule has 0 aromatic carbocycles. The molecule has 1 aromatic rings. The third kappa shape index (κ3) is 4.26. The van der Waals surface area contributed by atoms with Gasteiger partial charge in [-0.15, -0.1) is 0 Å². The van der Waals surface area contributed by atoms with Gasteiger partial charge >= 0.3 is 5.97 Å². The van der Waals surface area contributed by atoms with E-state index in [-0.39, 0.29) is 12.5 Å². The van der Waals surface area contributed by atoms with Gasteiger partial charge in [0.2, 0.25) is 5.88 Å². The van der Waals surface area contributed by atoms with E-state index in [2.05, 4.69) is 15.3 Å². The van der Waals surface area contributed by atoms with Gasteiger partial charge in [0.1, 0.15) is 11.6 Å². The zero-order chi connectivity index (χ0) is 12.8. The lowest BCUT2D eigenvalue weighted by atomic mass is 10.1.